The Balaban J connectivity index is 0. The van der Waals surface area contributed by atoms with Gasteiger partial charge < -0.3 is 9.90 Å². The van der Waals surface area contributed by atoms with E-state index in [1.807, 2.05) is 0 Å². The summed E-state index contributed by atoms with van der Waals surface area (Å²) in [6, 6.07) is 0. The molecular formula is C4H7O2Zr-. The Hall–Kier alpha value is 0.353. The molecule has 0 amide bonds. The molecule has 2 nitrogen and oxygen atoms in total. The summed E-state index contributed by atoms with van der Waals surface area (Å²) in [7, 11) is 0. The number of carboxylic acid groups (broad SMARTS) is 1. The molecule has 0 rings (SSSR count). The smallest absolute Gasteiger partial charge is 0.0414 e. The van der Waals surface area contributed by atoms with Crippen molar-refractivity contribution in [2.24, 2.45) is 0 Å². The molecule has 7 heavy (non-hydrogen) atoms. The largest absolute Gasteiger partial charge is 0.550 e. The number of hydrogen-bond donors (Lipinski definition) is 0. The summed E-state index contributed by atoms with van der Waals surface area (Å²) in [5, 5.41) is 9.49. The normalized spacial score (nSPS) is 7.00. The molecule has 40 valence electrons. The summed E-state index contributed by atoms with van der Waals surface area (Å²) in [6.07, 6.45) is 0.850. The van der Waals surface area contributed by atoms with Crippen molar-refractivity contribution in [2.75, 3.05) is 0 Å². The Labute approximate surface area is 62.0 Å². The van der Waals surface area contributed by atoms with Crippen LogP contribution < -0.4 is 5.11 Å². The number of carbonyl (C=O) groups is 1. The maximum Gasteiger partial charge on any atom is 0.0414 e. The van der Waals surface area contributed by atoms with E-state index < -0.39 is 5.97 Å². The van der Waals surface area contributed by atoms with Crippen molar-refractivity contribution >= 4 is 5.97 Å². The third kappa shape index (κ3) is 10.7. The van der Waals surface area contributed by atoms with E-state index in [1.165, 1.54) is 0 Å². The Morgan fingerprint density at radius 2 is 2.14 bits per heavy atom. The van der Waals surface area contributed by atoms with Crippen molar-refractivity contribution in [1.29, 1.82) is 0 Å². The second kappa shape index (κ2) is 6.35. The van der Waals surface area contributed by atoms with E-state index in [2.05, 4.69) is 0 Å². The molecule has 0 atom stereocenters. The quantitative estimate of drug-likeness (QED) is 0.574. The topological polar surface area (TPSA) is 40.1 Å². The van der Waals surface area contributed by atoms with Gasteiger partial charge in [0.05, 0.1) is 0 Å². The van der Waals surface area contributed by atoms with Gasteiger partial charge in [0.1, 0.15) is 0 Å². The van der Waals surface area contributed by atoms with Gasteiger partial charge in [-0.25, -0.2) is 0 Å². The van der Waals surface area contributed by atoms with Gasteiger partial charge in [0.25, 0.3) is 0 Å². The fraction of sp³-hybridized carbons (Fsp3) is 0.750. The molecule has 3 heteroatoms. The first-order valence-corrected chi connectivity index (χ1v) is 1.97. The first kappa shape index (κ1) is 10.4. The molecule has 0 aliphatic carbocycles. The van der Waals surface area contributed by atoms with Gasteiger partial charge in [-0.2, -0.15) is 0 Å². The van der Waals surface area contributed by atoms with Crippen molar-refractivity contribution < 1.29 is 36.1 Å². The fourth-order valence-corrected chi connectivity index (χ4v) is 0.204. The number of aliphatic carboxylic acids is 1. The third-order valence-electron chi connectivity index (χ3n) is 0.454. The fourth-order valence-electron chi connectivity index (χ4n) is 0.204. The minimum Gasteiger partial charge on any atom is -0.550 e. The number of carbonyl (C=O) groups excluding carboxylic acids is 1. The second-order valence-corrected chi connectivity index (χ2v) is 1.12. The minimum absolute atomic E-state index is 0. The van der Waals surface area contributed by atoms with Crippen molar-refractivity contribution in [3.8, 4) is 0 Å². The van der Waals surface area contributed by atoms with Crippen LogP contribution in [0.5, 0.6) is 0 Å². The molecule has 0 aliphatic heterocycles. The molecule has 0 aromatic heterocycles. The standard InChI is InChI=1S/C4H8O2.Zr/c1-2-3-4(5)6;/h2-3H2,1H3,(H,5,6);/p-1. The molecule has 0 N–H and O–H groups in total. The summed E-state index contributed by atoms with van der Waals surface area (Å²) >= 11 is 0. The van der Waals surface area contributed by atoms with E-state index in [0.717, 1.165) is 0 Å². The van der Waals surface area contributed by atoms with Crippen LogP contribution in [0.15, 0.2) is 0 Å². The minimum atomic E-state index is -0.961. The predicted molar refractivity (Wildman–Crippen MR) is 19.9 cm³/mol. The van der Waals surface area contributed by atoms with E-state index in [0.29, 0.717) is 6.42 Å². The Morgan fingerprint density at radius 1 is 1.71 bits per heavy atom. The molecule has 0 saturated carbocycles. The SMILES string of the molecule is CCCC(=O)[O-].[Zr]. The van der Waals surface area contributed by atoms with E-state index in [4.69, 9.17) is 0 Å². The molecule has 0 radical (unpaired) electrons. The molecule has 0 bridgehead atoms. The third-order valence-corrected chi connectivity index (χ3v) is 0.454. The first-order chi connectivity index (χ1) is 2.77. The summed E-state index contributed by atoms with van der Waals surface area (Å²) in [4.78, 5) is 9.49. The van der Waals surface area contributed by atoms with Crippen LogP contribution in [-0.4, -0.2) is 5.97 Å². The number of hydrogen-bond acceptors (Lipinski definition) is 2. The number of carboxylic acids is 1. The van der Waals surface area contributed by atoms with Gasteiger partial charge in [0.2, 0.25) is 0 Å². The maximum absolute atomic E-state index is 9.49. The van der Waals surface area contributed by atoms with Gasteiger partial charge >= 0.3 is 0 Å². The monoisotopic (exact) mass is 177 g/mol. The van der Waals surface area contributed by atoms with Crippen molar-refractivity contribution in [1.82, 2.24) is 0 Å². The van der Waals surface area contributed by atoms with Crippen LogP contribution in [0.3, 0.4) is 0 Å². The Kier molecular flexibility index (Phi) is 9.40. The van der Waals surface area contributed by atoms with E-state index in [-0.39, 0.29) is 32.6 Å². The summed E-state index contributed by atoms with van der Waals surface area (Å²) < 4.78 is 0. The average Bonchev–Trinajstić information content (AvgIpc) is 1.35. The van der Waals surface area contributed by atoms with Gasteiger partial charge in [-0.3, -0.25) is 0 Å². The summed E-state index contributed by atoms with van der Waals surface area (Å²) in [5.74, 6) is -0.961. The van der Waals surface area contributed by atoms with Gasteiger partial charge in [0, 0.05) is 32.2 Å². The van der Waals surface area contributed by atoms with Gasteiger partial charge in [-0.1, -0.05) is 13.3 Å². The molecule has 0 spiro atoms. The zero-order valence-electron chi connectivity index (χ0n) is 4.23. The van der Waals surface area contributed by atoms with E-state index in [9.17, 15) is 9.90 Å². The second-order valence-electron chi connectivity index (χ2n) is 1.12. The van der Waals surface area contributed by atoms with Crippen molar-refractivity contribution in [3.63, 3.8) is 0 Å². The van der Waals surface area contributed by atoms with E-state index in [1.54, 1.807) is 6.92 Å². The first-order valence-electron chi connectivity index (χ1n) is 1.97. The molecular weight excluding hydrogens is 171 g/mol. The van der Waals surface area contributed by atoms with Crippen LogP contribution in [-0.2, 0) is 31.0 Å². The summed E-state index contributed by atoms with van der Waals surface area (Å²) in [6.45, 7) is 1.80. The van der Waals surface area contributed by atoms with E-state index >= 15 is 0 Å². The van der Waals surface area contributed by atoms with Gasteiger partial charge in [0.15, 0.2) is 0 Å². The molecule has 0 aromatic carbocycles. The van der Waals surface area contributed by atoms with Crippen LogP contribution in [0.1, 0.15) is 19.8 Å². The average molecular weight is 178 g/mol. The summed E-state index contributed by atoms with van der Waals surface area (Å²) in [5.41, 5.74) is 0. The van der Waals surface area contributed by atoms with Gasteiger partial charge in [-0.05, 0) is 6.42 Å². The molecule has 0 fully saturated rings. The molecule has 0 heterocycles. The van der Waals surface area contributed by atoms with Crippen molar-refractivity contribution in [3.05, 3.63) is 0 Å². The zero-order valence-corrected chi connectivity index (χ0v) is 6.69. The van der Waals surface area contributed by atoms with Gasteiger partial charge in [-0.15, -0.1) is 0 Å². The van der Waals surface area contributed by atoms with Crippen LogP contribution in [0.4, 0.5) is 0 Å². The molecule has 0 aliphatic rings. The number of rotatable bonds is 2. The Bertz CT molecular complexity index is 53.7. The Morgan fingerprint density at radius 3 is 2.14 bits per heavy atom. The van der Waals surface area contributed by atoms with Crippen LogP contribution in [0.25, 0.3) is 0 Å². The van der Waals surface area contributed by atoms with Crippen LogP contribution in [0.2, 0.25) is 0 Å². The van der Waals surface area contributed by atoms with Crippen molar-refractivity contribution in [2.45, 2.75) is 19.8 Å². The molecule has 0 saturated heterocycles. The molecule has 0 aromatic rings. The predicted octanol–water partition coefficient (Wildman–Crippen LogP) is -0.466. The maximum atomic E-state index is 9.49. The van der Waals surface area contributed by atoms with Crippen LogP contribution in [0, 0.1) is 0 Å². The molecule has 0 unspecified atom stereocenters. The van der Waals surface area contributed by atoms with Crippen LogP contribution >= 0.6 is 0 Å². The zero-order chi connectivity index (χ0) is 4.99.